The summed E-state index contributed by atoms with van der Waals surface area (Å²) in [5.41, 5.74) is 5.77. The van der Waals surface area contributed by atoms with Gasteiger partial charge in [0, 0.05) is 31.6 Å². The number of aromatic carboxylic acids is 1. The Morgan fingerprint density at radius 1 is 1.50 bits per heavy atom. The molecule has 0 radical (unpaired) electrons. The van der Waals surface area contributed by atoms with Crippen LogP contribution >= 0.6 is 0 Å². The molecule has 2 heterocycles. The summed E-state index contributed by atoms with van der Waals surface area (Å²) in [7, 11) is 0. The number of nitrogens with two attached hydrogens (primary N) is 1. The third-order valence-corrected chi connectivity index (χ3v) is 2.17. The quantitative estimate of drug-likeness (QED) is 0.740. The number of nitrogens with zero attached hydrogens (tertiary/aromatic N) is 1. The van der Waals surface area contributed by atoms with Crippen LogP contribution in [0.5, 0.6) is 0 Å². The maximum Gasteiger partial charge on any atom is 0.337 e. The molecule has 3 N–H and O–H groups in total. The Kier molecular flexibility index (Phi) is 5.45. The lowest BCUT2D eigenvalue weighted by molar-refractivity contribution is 0.0696. The van der Waals surface area contributed by atoms with Gasteiger partial charge in [-0.2, -0.15) is 0 Å². The van der Waals surface area contributed by atoms with E-state index in [9.17, 15) is 4.79 Å². The summed E-state index contributed by atoms with van der Waals surface area (Å²) in [6.45, 7) is 1.72. The Hall–Kier alpha value is -1.46. The number of carbonyl (C=O) groups is 1. The zero-order chi connectivity index (χ0) is 11.8. The van der Waals surface area contributed by atoms with Gasteiger partial charge in [-0.05, 0) is 25.0 Å². The standard InChI is InChI=1S/C6H5NO2.C5H11NO/c8-6(9)5-2-1-3-7-4-5;6-5-1-3-7-4-2-5/h1-4H,(H,8,9);5H,1-4,6H2. The summed E-state index contributed by atoms with van der Waals surface area (Å²) in [4.78, 5) is 13.8. The van der Waals surface area contributed by atoms with Gasteiger partial charge in [0.2, 0.25) is 0 Å². The van der Waals surface area contributed by atoms with Crippen molar-refractivity contribution < 1.29 is 14.6 Å². The Morgan fingerprint density at radius 3 is 2.50 bits per heavy atom. The van der Waals surface area contributed by atoms with Crippen molar-refractivity contribution in [1.29, 1.82) is 0 Å². The average molecular weight is 224 g/mol. The summed E-state index contributed by atoms with van der Waals surface area (Å²) in [6.07, 6.45) is 4.93. The molecule has 1 aromatic heterocycles. The van der Waals surface area contributed by atoms with Crippen LogP contribution in [-0.4, -0.2) is 35.3 Å². The first-order valence-electron chi connectivity index (χ1n) is 5.17. The van der Waals surface area contributed by atoms with E-state index in [0.29, 0.717) is 6.04 Å². The molecule has 0 aliphatic carbocycles. The Morgan fingerprint density at radius 2 is 2.19 bits per heavy atom. The second kappa shape index (κ2) is 6.92. The van der Waals surface area contributed by atoms with Gasteiger partial charge in [-0.25, -0.2) is 4.79 Å². The van der Waals surface area contributed by atoms with E-state index >= 15 is 0 Å². The number of aromatic nitrogens is 1. The summed E-state index contributed by atoms with van der Waals surface area (Å²) in [6, 6.07) is 3.49. The van der Waals surface area contributed by atoms with Crippen LogP contribution in [0.3, 0.4) is 0 Å². The lowest BCUT2D eigenvalue weighted by Crippen LogP contribution is -2.28. The number of rotatable bonds is 1. The van der Waals surface area contributed by atoms with Crippen molar-refractivity contribution in [3.05, 3.63) is 30.1 Å². The van der Waals surface area contributed by atoms with Gasteiger partial charge in [0.05, 0.1) is 5.56 Å². The molecule has 2 rings (SSSR count). The van der Waals surface area contributed by atoms with E-state index in [1.165, 1.54) is 18.5 Å². The van der Waals surface area contributed by atoms with E-state index in [2.05, 4.69) is 4.98 Å². The van der Waals surface area contributed by atoms with E-state index in [4.69, 9.17) is 15.6 Å². The predicted molar refractivity (Wildman–Crippen MR) is 59.2 cm³/mol. The first kappa shape index (κ1) is 12.6. The van der Waals surface area contributed by atoms with Crippen LogP contribution in [-0.2, 0) is 4.74 Å². The molecule has 16 heavy (non-hydrogen) atoms. The highest BCUT2D eigenvalue weighted by molar-refractivity contribution is 5.86. The number of carboxylic acids is 1. The number of pyridine rings is 1. The minimum Gasteiger partial charge on any atom is -0.478 e. The maximum absolute atomic E-state index is 10.2. The largest absolute Gasteiger partial charge is 0.478 e. The molecular formula is C11H16N2O3. The van der Waals surface area contributed by atoms with Gasteiger partial charge in [-0.1, -0.05) is 0 Å². The van der Waals surface area contributed by atoms with Gasteiger partial charge in [-0.3, -0.25) is 4.98 Å². The molecule has 0 saturated carbocycles. The van der Waals surface area contributed by atoms with Gasteiger partial charge in [-0.15, -0.1) is 0 Å². The Balaban J connectivity index is 0.000000165. The van der Waals surface area contributed by atoms with Gasteiger partial charge in [0.15, 0.2) is 0 Å². The second-order valence-electron chi connectivity index (χ2n) is 3.50. The van der Waals surface area contributed by atoms with E-state index < -0.39 is 5.97 Å². The van der Waals surface area contributed by atoms with Gasteiger partial charge < -0.3 is 15.6 Å². The Bertz CT molecular complexity index is 310. The minimum atomic E-state index is -0.942. The molecule has 1 aliphatic heterocycles. The Labute approximate surface area is 94.2 Å². The predicted octanol–water partition coefficient (Wildman–Crippen LogP) is 0.904. The zero-order valence-electron chi connectivity index (χ0n) is 9.00. The third kappa shape index (κ3) is 4.86. The smallest absolute Gasteiger partial charge is 0.337 e. The van der Waals surface area contributed by atoms with Crippen LogP contribution in [0, 0.1) is 0 Å². The highest BCUT2D eigenvalue weighted by Crippen LogP contribution is 2.01. The molecule has 1 fully saturated rings. The number of hydrogen-bond acceptors (Lipinski definition) is 4. The molecular weight excluding hydrogens is 208 g/mol. The van der Waals surface area contributed by atoms with Crippen molar-refractivity contribution in [1.82, 2.24) is 4.98 Å². The van der Waals surface area contributed by atoms with Gasteiger partial charge in [0.1, 0.15) is 0 Å². The molecule has 0 unspecified atom stereocenters. The topological polar surface area (TPSA) is 85.4 Å². The second-order valence-corrected chi connectivity index (χ2v) is 3.50. The molecule has 0 atom stereocenters. The number of ether oxygens (including phenoxy) is 1. The van der Waals surface area contributed by atoms with Crippen molar-refractivity contribution in [3.63, 3.8) is 0 Å². The molecule has 1 aromatic rings. The van der Waals surface area contributed by atoms with E-state index in [-0.39, 0.29) is 5.56 Å². The number of hydrogen-bond donors (Lipinski definition) is 2. The minimum absolute atomic E-state index is 0.220. The molecule has 1 aliphatic rings. The molecule has 88 valence electrons. The summed E-state index contributed by atoms with van der Waals surface area (Å²) in [5, 5.41) is 8.34. The molecule has 0 spiro atoms. The highest BCUT2D eigenvalue weighted by Gasteiger charge is 2.06. The highest BCUT2D eigenvalue weighted by atomic mass is 16.5. The fraction of sp³-hybridized carbons (Fsp3) is 0.455. The van der Waals surface area contributed by atoms with Crippen LogP contribution in [0.1, 0.15) is 23.2 Å². The van der Waals surface area contributed by atoms with Crippen LogP contribution < -0.4 is 5.73 Å². The normalized spacial score (nSPS) is 16.1. The fourth-order valence-electron chi connectivity index (χ4n) is 1.21. The first-order valence-corrected chi connectivity index (χ1v) is 5.17. The number of carboxylic acid groups (broad SMARTS) is 1. The SMILES string of the molecule is NC1CCOCC1.O=C(O)c1cccnc1. The molecule has 0 amide bonds. The summed E-state index contributed by atoms with van der Waals surface area (Å²) in [5.74, 6) is -0.942. The monoisotopic (exact) mass is 224 g/mol. The molecule has 0 bridgehead atoms. The van der Waals surface area contributed by atoms with Gasteiger partial charge in [0.25, 0.3) is 0 Å². The first-order chi connectivity index (χ1) is 7.70. The van der Waals surface area contributed by atoms with Crippen molar-refractivity contribution in [2.45, 2.75) is 18.9 Å². The lowest BCUT2D eigenvalue weighted by atomic mass is 10.1. The van der Waals surface area contributed by atoms with Crippen LogP contribution in [0.4, 0.5) is 0 Å². The van der Waals surface area contributed by atoms with Crippen molar-refractivity contribution in [2.24, 2.45) is 5.73 Å². The van der Waals surface area contributed by atoms with Crippen molar-refractivity contribution in [3.8, 4) is 0 Å². The average Bonchev–Trinajstić information content (AvgIpc) is 2.32. The van der Waals surface area contributed by atoms with Crippen molar-refractivity contribution in [2.75, 3.05) is 13.2 Å². The fourth-order valence-corrected chi connectivity index (χ4v) is 1.21. The van der Waals surface area contributed by atoms with Gasteiger partial charge >= 0.3 is 5.97 Å². The van der Waals surface area contributed by atoms with Crippen LogP contribution in [0.2, 0.25) is 0 Å². The third-order valence-electron chi connectivity index (χ3n) is 2.17. The molecule has 0 aromatic carbocycles. The summed E-state index contributed by atoms with van der Waals surface area (Å²) >= 11 is 0. The molecule has 1 saturated heterocycles. The van der Waals surface area contributed by atoms with E-state index in [1.807, 2.05) is 0 Å². The lowest BCUT2D eigenvalue weighted by Gasteiger charge is -2.16. The van der Waals surface area contributed by atoms with Crippen molar-refractivity contribution >= 4 is 5.97 Å². The van der Waals surface area contributed by atoms with E-state index in [0.717, 1.165) is 26.1 Å². The zero-order valence-corrected chi connectivity index (χ0v) is 9.00. The maximum atomic E-state index is 10.2. The molecule has 5 nitrogen and oxygen atoms in total. The summed E-state index contributed by atoms with van der Waals surface area (Å²) < 4.78 is 5.06. The van der Waals surface area contributed by atoms with Crippen LogP contribution in [0.15, 0.2) is 24.5 Å². The molecule has 5 heteroatoms. The van der Waals surface area contributed by atoms with E-state index in [1.54, 1.807) is 6.07 Å². The van der Waals surface area contributed by atoms with Crippen LogP contribution in [0.25, 0.3) is 0 Å².